The second-order valence-corrected chi connectivity index (χ2v) is 6.84. The molecule has 0 aromatic heterocycles. The Morgan fingerprint density at radius 1 is 1.22 bits per heavy atom. The molecule has 1 aliphatic carbocycles. The fourth-order valence-electron chi connectivity index (χ4n) is 2.87. The van der Waals surface area contributed by atoms with Gasteiger partial charge in [-0.2, -0.15) is 0 Å². The van der Waals surface area contributed by atoms with Gasteiger partial charge in [-0.3, -0.25) is 4.79 Å². The van der Waals surface area contributed by atoms with Gasteiger partial charge in [-0.05, 0) is 31.1 Å². The molecule has 0 aromatic rings. The van der Waals surface area contributed by atoms with Crippen LogP contribution in [0, 0.1) is 10.8 Å². The second-order valence-electron chi connectivity index (χ2n) is 6.84. The van der Waals surface area contributed by atoms with Crippen LogP contribution in [0.25, 0.3) is 0 Å². The van der Waals surface area contributed by atoms with E-state index in [0.29, 0.717) is 13.2 Å². The number of aliphatic hydroxyl groups excluding tert-OH is 1. The fourth-order valence-corrected chi connectivity index (χ4v) is 2.87. The summed E-state index contributed by atoms with van der Waals surface area (Å²) in [5.41, 5.74) is -0.782. The van der Waals surface area contributed by atoms with Crippen molar-refractivity contribution in [2.24, 2.45) is 10.8 Å². The molecule has 18 heavy (non-hydrogen) atoms. The summed E-state index contributed by atoms with van der Waals surface area (Å²) in [6, 6.07) is 0. The average molecular weight is 255 g/mol. The first-order valence-corrected chi connectivity index (χ1v) is 6.87. The highest BCUT2D eigenvalue weighted by atomic mass is 16.5. The summed E-state index contributed by atoms with van der Waals surface area (Å²) in [5, 5.41) is 12.4. The SMILES string of the molecule is CC(C)(C)C1(C(=O)NC2(CO)CC2)CCOCC1. The minimum atomic E-state index is -0.365. The number of amides is 1. The Bertz CT molecular complexity index is 322. The van der Waals surface area contributed by atoms with Gasteiger partial charge in [-0.15, -0.1) is 0 Å². The van der Waals surface area contributed by atoms with Gasteiger partial charge in [-0.25, -0.2) is 0 Å². The lowest BCUT2D eigenvalue weighted by Crippen LogP contribution is -2.55. The van der Waals surface area contributed by atoms with Crippen molar-refractivity contribution in [2.45, 2.75) is 52.0 Å². The molecule has 4 heteroatoms. The summed E-state index contributed by atoms with van der Waals surface area (Å²) in [6.07, 6.45) is 3.33. The van der Waals surface area contributed by atoms with Gasteiger partial charge in [0, 0.05) is 13.2 Å². The highest BCUT2D eigenvalue weighted by Gasteiger charge is 2.53. The van der Waals surface area contributed by atoms with Crippen molar-refractivity contribution < 1.29 is 14.6 Å². The van der Waals surface area contributed by atoms with Crippen LogP contribution in [0.1, 0.15) is 46.5 Å². The lowest BCUT2D eigenvalue weighted by molar-refractivity contribution is -0.148. The zero-order chi connectivity index (χ0) is 13.4. The monoisotopic (exact) mass is 255 g/mol. The van der Waals surface area contributed by atoms with Crippen molar-refractivity contribution >= 4 is 5.91 Å². The van der Waals surface area contributed by atoms with Crippen molar-refractivity contribution in [1.29, 1.82) is 0 Å². The Kier molecular flexibility index (Phi) is 3.45. The maximum absolute atomic E-state index is 12.7. The number of ether oxygens (including phenoxy) is 1. The molecule has 1 amide bonds. The van der Waals surface area contributed by atoms with Crippen LogP contribution in [-0.4, -0.2) is 36.4 Å². The molecule has 0 bridgehead atoms. The van der Waals surface area contributed by atoms with Crippen LogP contribution >= 0.6 is 0 Å². The van der Waals surface area contributed by atoms with Crippen LogP contribution in [-0.2, 0) is 9.53 Å². The fraction of sp³-hybridized carbons (Fsp3) is 0.929. The van der Waals surface area contributed by atoms with Gasteiger partial charge >= 0.3 is 0 Å². The van der Waals surface area contributed by atoms with Crippen LogP contribution in [0.15, 0.2) is 0 Å². The van der Waals surface area contributed by atoms with E-state index in [1.165, 1.54) is 0 Å². The van der Waals surface area contributed by atoms with E-state index in [4.69, 9.17) is 4.74 Å². The third kappa shape index (κ3) is 2.28. The van der Waals surface area contributed by atoms with E-state index in [1.54, 1.807) is 0 Å². The molecule has 2 aliphatic rings. The molecule has 1 heterocycles. The maximum Gasteiger partial charge on any atom is 0.227 e. The van der Waals surface area contributed by atoms with Crippen LogP contribution in [0.4, 0.5) is 0 Å². The molecule has 0 unspecified atom stereocenters. The van der Waals surface area contributed by atoms with Gasteiger partial charge in [0.2, 0.25) is 5.91 Å². The summed E-state index contributed by atoms with van der Waals surface area (Å²) in [6.45, 7) is 7.71. The molecule has 2 N–H and O–H groups in total. The lowest BCUT2D eigenvalue weighted by Gasteiger charge is -2.46. The number of hydrogen-bond acceptors (Lipinski definition) is 3. The number of nitrogens with one attached hydrogen (secondary N) is 1. The number of carbonyl (C=O) groups is 1. The molecule has 1 saturated carbocycles. The van der Waals surface area contributed by atoms with Gasteiger partial charge in [-0.1, -0.05) is 20.8 Å². The third-order valence-corrected chi connectivity index (χ3v) is 4.75. The Balaban J connectivity index is 2.16. The van der Waals surface area contributed by atoms with E-state index in [1.807, 2.05) is 0 Å². The zero-order valence-corrected chi connectivity index (χ0v) is 11.7. The van der Waals surface area contributed by atoms with E-state index in [9.17, 15) is 9.90 Å². The third-order valence-electron chi connectivity index (χ3n) is 4.75. The normalized spacial score (nSPS) is 25.6. The highest BCUT2D eigenvalue weighted by molar-refractivity contribution is 5.84. The largest absolute Gasteiger partial charge is 0.394 e. The first-order valence-electron chi connectivity index (χ1n) is 6.87. The molecule has 2 rings (SSSR count). The maximum atomic E-state index is 12.7. The van der Waals surface area contributed by atoms with Crippen molar-refractivity contribution in [3.8, 4) is 0 Å². The molecule has 0 spiro atoms. The molecule has 1 saturated heterocycles. The number of hydrogen-bond donors (Lipinski definition) is 2. The van der Waals surface area contributed by atoms with Crippen LogP contribution in [0.5, 0.6) is 0 Å². The van der Waals surface area contributed by atoms with Crippen molar-refractivity contribution in [3.05, 3.63) is 0 Å². The summed E-state index contributed by atoms with van der Waals surface area (Å²) < 4.78 is 5.41. The van der Waals surface area contributed by atoms with E-state index in [0.717, 1.165) is 25.7 Å². The molecule has 0 atom stereocenters. The van der Waals surface area contributed by atoms with E-state index < -0.39 is 0 Å². The lowest BCUT2D eigenvalue weighted by atomic mass is 9.61. The highest BCUT2D eigenvalue weighted by Crippen LogP contribution is 2.48. The number of rotatable bonds is 3. The predicted octanol–water partition coefficient (Wildman–Crippen LogP) is 1.47. The second kappa shape index (κ2) is 4.49. The van der Waals surface area contributed by atoms with Crippen molar-refractivity contribution in [2.75, 3.05) is 19.8 Å². The summed E-state index contributed by atoms with van der Waals surface area (Å²) in [5.74, 6) is 0.102. The van der Waals surface area contributed by atoms with Crippen molar-refractivity contribution in [3.63, 3.8) is 0 Å². The van der Waals surface area contributed by atoms with Crippen LogP contribution < -0.4 is 5.32 Å². The van der Waals surface area contributed by atoms with Crippen LogP contribution in [0.2, 0.25) is 0 Å². The number of aliphatic hydroxyl groups is 1. The minimum Gasteiger partial charge on any atom is -0.394 e. The van der Waals surface area contributed by atoms with Gasteiger partial charge in [0.15, 0.2) is 0 Å². The smallest absolute Gasteiger partial charge is 0.227 e. The molecule has 0 radical (unpaired) electrons. The molecular weight excluding hydrogens is 230 g/mol. The van der Waals surface area contributed by atoms with Gasteiger partial charge in [0.25, 0.3) is 0 Å². The van der Waals surface area contributed by atoms with E-state index in [2.05, 4.69) is 26.1 Å². The first kappa shape index (κ1) is 13.8. The summed E-state index contributed by atoms with van der Waals surface area (Å²) in [7, 11) is 0. The quantitative estimate of drug-likeness (QED) is 0.803. The van der Waals surface area contributed by atoms with E-state index in [-0.39, 0.29) is 28.9 Å². The molecular formula is C14H25NO3. The Morgan fingerprint density at radius 3 is 2.17 bits per heavy atom. The van der Waals surface area contributed by atoms with Crippen molar-refractivity contribution in [1.82, 2.24) is 5.32 Å². The summed E-state index contributed by atoms with van der Waals surface area (Å²) in [4.78, 5) is 12.7. The number of carbonyl (C=O) groups excluding carboxylic acids is 1. The van der Waals surface area contributed by atoms with Crippen LogP contribution in [0.3, 0.4) is 0 Å². The Labute approximate surface area is 109 Å². The first-order chi connectivity index (χ1) is 8.35. The molecule has 4 nitrogen and oxygen atoms in total. The summed E-state index contributed by atoms with van der Waals surface area (Å²) >= 11 is 0. The average Bonchev–Trinajstić information content (AvgIpc) is 3.09. The topological polar surface area (TPSA) is 58.6 Å². The van der Waals surface area contributed by atoms with E-state index >= 15 is 0 Å². The zero-order valence-electron chi connectivity index (χ0n) is 11.7. The molecule has 0 aromatic carbocycles. The molecule has 2 fully saturated rings. The van der Waals surface area contributed by atoms with Gasteiger partial charge in [0.1, 0.15) is 0 Å². The minimum absolute atomic E-state index is 0.0511. The Hall–Kier alpha value is -0.610. The standard InChI is InChI=1S/C14H25NO3/c1-12(2,3)14(6-8-18-9-7-14)11(17)15-13(10-16)4-5-13/h16H,4-10H2,1-3H3,(H,15,17). The predicted molar refractivity (Wildman–Crippen MR) is 69.1 cm³/mol. The molecule has 104 valence electrons. The Morgan fingerprint density at radius 2 is 1.78 bits per heavy atom. The molecule has 1 aliphatic heterocycles. The van der Waals surface area contributed by atoms with Gasteiger partial charge < -0.3 is 15.2 Å². The van der Waals surface area contributed by atoms with Gasteiger partial charge in [0.05, 0.1) is 17.6 Å².